The van der Waals surface area contributed by atoms with E-state index in [-0.39, 0.29) is 12.8 Å². The molecule has 1 aliphatic heterocycles. The maximum Gasteiger partial charge on any atom is 0.391 e. The van der Waals surface area contributed by atoms with E-state index in [0.29, 0.717) is 19.6 Å². The van der Waals surface area contributed by atoms with E-state index >= 15 is 0 Å². The van der Waals surface area contributed by atoms with Crippen LogP contribution in [-0.4, -0.2) is 24.2 Å². The van der Waals surface area contributed by atoms with Gasteiger partial charge in [-0.05, 0) is 25.0 Å². The predicted octanol–water partition coefficient (Wildman–Crippen LogP) is 2.32. The summed E-state index contributed by atoms with van der Waals surface area (Å²) in [6.45, 7) is 1.20. The standard InChI is InChI=1S/C12H16F3N3/c13-12(14,15)9-2-5-18(6-3-9)11-1-4-17-10(7-11)8-16/h1,4,7,9H,2-3,5-6,8,16H2. The van der Waals surface area contributed by atoms with Gasteiger partial charge in [0.2, 0.25) is 0 Å². The Kier molecular flexibility index (Phi) is 3.75. The lowest BCUT2D eigenvalue weighted by Gasteiger charge is -2.34. The molecule has 6 heteroatoms. The number of halogens is 3. The number of piperidine rings is 1. The summed E-state index contributed by atoms with van der Waals surface area (Å²) in [5, 5.41) is 0. The Morgan fingerprint density at radius 2 is 2.00 bits per heavy atom. The molecule has 0 saturated carbocycles. The van der Waals surface area contributed by atoms with Crippen molar-refractivity contribution in [3.05, 3.63) is 24.0 Å². The van der Waals surface area contributed by atoms with Gasteiger partial charge in [-0.2, -0.15) is 13.2 Å². The van der Waals surface area contributed by atoms with E-state index in [1.165, 1.54) is 0 Å². The molecule has 1 fully saturated rings. The van der Waals surface area contributed by atoms with Gasteiger partial charge in [-0.15, -0.1) is 0 Å². The van der Waals surface area contributed by atoms with Crippen LogP contribution in [0.25, 0.3) is 0 Å². The molecule has 1 saturated heterocycles. The van der Waals surface area contributed by atoms with Crippen molar-refractivity contribution in [2.75, 3.05) is 18.0 Å². The topological polar surface area (TPSA) is 42.1 Å². The quantitative estimate of drug-likeness (QED) is 0.886. The van der Waals surface area contributed by atoms with Crippen molar-refractivity contribution in [2.24, 2.45) is 11.7 Å². The van der Waals surface area contributed by atoms with Gasteiger partial charge in [-0.3, -0.25) is 4.98 Å². The lowest BCUT2D eigenvalue weighted by molar-refractivity contribution is -0.179. The SMILES string of the molecule is NCc1cc(N2CCC(C(F)(F)F)CC2)ccn1. The van der Waals surface area contributed by atoms with Crippen LogP contribution in [0, 0.1) is 5.92 Å². The molecular formula is C12H16F3N3. The number of hydrogen-bond donors (Lipinski definition) is 1. The molecule has 18 heavy (non-hydrogen) atoms. The molecule has 2 rings (SSSR count). The minimum Gasteiger partial charge on any atom is -0.371 e. The first kappa shape index (κ1) is 13.1. The van der Waals surface area contributed by atoms with Gasteiger partial charge in [-0.25, -0.2) is 0 Å². The largest absolute Gasteiger partial charge is 0.391 e. The first-order valence-electron chi connectivity index (χ1n) is 5.97. The zero-order chi connectivity index (χ0) is 13.2. The molecule has 0 radical (unpaired) electrons. The summed E-state index contributed by atoms with van der Waals surface area (Å²) in [5.74, 6) is -1.16. The van der Waals surface area contributed by atoms with Crippen LogP contribution in [-0.2, 0) is 6.54 Å². The molecule has 0 amide bonds. The summed E-state index contributed by atoms with van der Waals surface area (Å²) in [6, 6.07) is 3.65. The van der Waals surface area contributed by atoms with Crippen LogP contribution in [0.2, 0.25) is 0 Å². The highest BCUT2D eigenvalue weighted by atomic mass is 19.4. The van der Waals surface area contributed by atoms with Crippen molar-refractivity contribution in [3.8, 4) is 0 Å². The predicted molar refractivity (Wildman–Crippen MR) is 63.1 cm³/mol. The first-order valence-corrected chi connectivity index (χ1v) is 5.97. The average molecular weight is 259 g/mol. The van der Waals surface area contributed by atoms with Gasteiger partial charge in [0.1, 0.15) is 0 Å². The number of hydrogen-bond acceptors (Lipinski definition) is 3. The summed E-state index contributed by atoms with van der Waals surface area (Å²) in [6.07, 6.45) is -2.10. The number of rotatable bonds is 2. The maximum atomic E-state index is 12.5. The Balaban J connectivity index is 2.01. The number of aromatic nitrogens is 1. The lowest BCUT2D eigenvalue weighted by Crippen LogP contribution is -2.39. The van der Waals surface area contributed by atoms with Crippen molar-refractivity contribution in [1.82, 2.24) is 4.98 Å². The summed E-state index contributed by atoms with van der Waals surface area (Å²) in [5.41, 5.74) is 7.16. The number of nitrogens with zero attached hydrogens (tertiary/aromatic N) is 2. The van der Waals surface area contributed by atoms with Crippen molar-refractivity contribution < 1.29 is 13.2 Å². The molecule has 0 atom stereocenters. The summed E-state index contributed by atoms with van der Waals surface area (Å²) < 4.78 is 37.6. The van der Waals surface area contributed by atoms with Gasteiger partial charge in [0.05, 0.1) is 11.6 Å². The van der Waals surface area contributed by atoms with Crippen molar-refractivity contribution in [2.45, 2.75) is 25.6 Å². The molecule has 100 valence electrons. The highest BCUT2D eigenvalue weighted by Crippen LogP contribution is 2.35. The molecule has 0 spiro atoms. The zero-order valence-corrected chi connectivity index (χ0v) is 9.95. The Hall–Kier alpha value is -1.30. The molecule has 1 aromatic heterocycles. The molecule has 2 N–H and O–H groups in total. The number of nitrogens with two attached hydrogens (primary N) is 1. The van der Waals surface area contributed by atoms with Gasteiger partial charge in [0.15, 0.2) is 0 Å². The highest BCUT2D eigenvalue weighted by molar-refractivity contribution is 5.46. The Labute approximate surface area is 104 Å². The number of anilines is 1. The third kappa shape index (κ3) is 2.93. The summed E-state index contributed by atoms with van der Waals surface area (Å²) in [4.78, 5) is 6.04. The monoisotopic (exact) mass is 259 g/mol. The maximum absolute atomic E-state index is 12.5. The fourth-order valence-corrected chi connectivity index (χ4v) is 2.24. The third-order valence-electron chi connectivity index (χ3n) is 3.33. The minimum absolute atomic E-state index is 0.157. The molecule has 3 nitrogen and oxygen atoms in total. The molecule has 0 unspecified atom stereocenters. The average Bonchev–Trinajstić information content (AvgIpc) is 2.38. The number of pyridine rings is 1. The van der Waals surface area contributed by atoms with Crippen LogP contribution in [0.4, 0.5) is 18.9 Å². The Bertz CT molecular complexity index is 398. The van der Waals surface area contributed by atoms with Gasteiger partial charge in [0, 0.05) is 31.5 Å². The first-order chi connectivity index (χ1) is 8.50. The van der Waals surface area contributed by atoms with E-state index < -0.39 is 12.1 Å². The molecule has 0 aromatic carbocycles. The van der Waals surface area contributed by atoms with Gasteiger partial charge in [-0.1, -0.05) is 0 Å². The smallest absolute Gasteiger partial charge is 0.371 e. The normalized spacial score (nSPS) is 18.1. The zero-order valence-electron chi connectivity index (χ0n) is 9.95. The lowest BCUT2D eigenvalue weighted by atomic mass is 9.96. The van der Waals surface area contributed by atoms with Crippen LogP contribution >= 0.6 is 0 Å². The van der Waals surface area contributed by atoms with Gasteiger partial charge < -0.3 is 10.6 Å². The Morgan fingerprint density at radius 3 is 2.56 bits per heavy atom. The minimum atomic E-state index is -4.06. The van der Waals surface area contributed by atoms with E-state index in [0.717, 1.165) is 11.4 Å². The second-order valence-corrected chi connectivity index (χ2v) is 4.51. The van der Waals surface area contributed by atoms with Crippen LogP contribution in [0.3, 0.4) is 0 Å². The fourth-order valence-electron chi connectivity index (χ4n) is 2.24. The summed E-state index contributed by atoms with van der Waals surface area (Å²) in [7, 11) is 0. The number of alkyl halides is 3. The second kappa shape index (κ2) is 5.14. The van der Waals surface area contributed by atoms with Gasteiger partial charge in [0.25, 0.3) is 0 Å². The van der Waals surface area contributed by atoms with E-state index in [4.69, 9.17) is 5.73 Å². The molecule has 1 aliphatic rings. The second-order valence-electron chi connectivity index (χ2n) is 4.51. The van der Waals surface area contributed by atoms with E-state index in [1.807, 2.05) is 17.0 Å². The van der Waals surface area contributed by atoms with Crippen molar-refractivity contribution in [3.63, 3.8) is 0 Å². The fraction of sp³-hybridized carbons (Fsp3) is 0.583. The van der Waals surface area contributed by atoms with Crippen LogP contribution in [0.5, 0.6) is 0 Å². The Morgan fingerprint density at radius 1 is 1.33 bits per heavy atom. The molecule has 1 aromatic rings. The third-order valence-corrected chi connectivity index (χ3v) is 3.33. The van der Waals surface area contributed by atoms with Crippen molar-refractivity contribution in [1.29, 1.82) is 0 Å². The molecular weight excluding hydrogens is 243 g/mol. The molecule has 0 aliphatic carbocycles. The van der Waals surface area contributed by atoms with Crippen molar-refractivity contribution >= 4 is 5.69 Å². The summed E-state index contributed by atoms with van der Waals surface area (Å²) >= 11 is 0. The molecule has 2 heterocycles. The van der Waals surface area contributed by atoms with Crippen LogP contribution in [0.15, 0.2) is 18.3 Å². The van der Waals surface area contributed by atoms with E-state index in [1.54, 1.807) is 6.20 Å². The molecule has 0 bridgehead atoms. The van der Waals surface area contributed by atoms with Crippen LogP contribution in [0.1, 0.15) is 18.5 Å². The van der Waals surface area contributed by atoms with Crippen LogP contribution < -0.4 is 10.6 Å². The highest BCUT2D eigenvalue weighted by Gasteiger charge is 2.41. The van der Waals surface area contributed by atoms with Gasteiger partial charge >= 0.3 is 6.18 Å². The van der Waals surface area contributed by atoms with E-state index in [9.17, 15) is 13.2 Å². The van der Waals surface area contributed by atoms with E-state index in [2.05, 4.69) is 4.98 Å².